The van der Waals surface area contributed by atoms with Crippen molar-refractivity contribution in [2.45, 2.75) is 44.9 Å². The minimum Gasteiger partial charge on any atom is -0.485 e. The third-order valence-corrected chi connectivity index (χ3v) is 4.00. The summed E-state index contributed by atoms with van der Waals surface area (Å²) in [5.41, 5.74) is -0.543. The molecule has 1 aromatic rings. The minimum absolute atomic E-state index is 0.115. The lowest BCUT2D eigenvalue weighted by Gasteiger charge is -2.28. The van der Waals surface area contributed by atoms with Crippen molar-refractivity contribution in [3.8, 4) is 11.5 Å². The van der Waals surface area contributed by atoms with Crippen LogP contribution in [0.5, 0.6) is 11.5 Å². The Balaban J connectivity index is 1.52. The number of hydrogen-bond acceptors (Lipinski definition) is 5. The van der Waals surface area contributed by atoms with Crippen LogP contribution in [0.25, 0.3) is 0 Å². The molecular formula is C18H24N2O5. The monoisotopic (exact) mass is 348 g/mol. The molecule has 3 rings (SSSR count). The summed E-state index contributed by atoms with van der Waals surface area (Å²) in [5.74, 6) is 1.11. The van der Waals surface area contributed by atoms with Crippen LogP contribution in [0.4, 0.5) is 4.79 Å². The van der Waals surface area contributed by atoms with Crippen LogP contribution < -0.4 is 14.8 Å². The van der Waals surface area contributed by atoms with Crippen LogP contribution in [0.3, 0.4) is 0 Å². The third-order valence-electron chi connectivity index (χ3n) is 4.00. The second kappa shape index (κ2) is 6.82. The molecule has 1 saturated heterocycles. The van der Waals surface area contributed by atoms with Crippen LogP contribution in [0.2, 0.25) is 0 Å². The molecule has 1 fully saturated rings. The molecule has 1 unspecified atom stereocenters. The van der Waals surface area contributed by atoms with E-state index in [9.17, 15) is 9.59 Å². The number of fused-ring (bicyclic) bond motifs is 1. The molecule has 0 spiro atoms. The number of nitrogens with one attached hydrogen (secondary N) is 1. The second-order valence-corrected chi connectivity index (χ2v) is 7.28. The first-order valence-corrected chi connectivity index (χ1v) is 8.48. The van der Waals surface area contributed by atoms with E-state index < -0.39 is 17.8 Å². The molecular weight excluding hydrogens is 324 g/mol. The fraction of sp³-hybridized carbons (Fsp3) is 0.556. The van der Waals surface area contributed by atoms with Gasteiger partial charge in [-0.05, 0) is 39.3 Å². The Morgan fingerprint density at radius 3 is 2.68 bits per heavy atom. The molecule has 7 nitrogen and oxygen atoms in total. The zero-order valence-corrected chi connectivity index (χ0v) is 14.8. The number of benzene rings is 1. The molecule has 0 saturated carbocycles. The molecule has 2 heterocycles. The average molecular weight is 348 g/mol. The molecule has 0 radical (unpaired) electrons. The topological polar surface area (TPSA) is 77.1 Å². The normalized spacial score (nSPS) is 22.4. The van der Waals surface area contributed by atoms with Gasteiger partial charge >= 0.3 is 6.09 Å². The first kappa shape index (κ1) is 17.4. The Kier molecular flexibility index (Phi) is 4.74. The zero-order valence-electron chi connectivity index (χ0n) is 14.8. The smallest absolute Gasteiger partial charge is 0.407 e. The molecule has 0 aromatic heterocycles. The van der Waals surface area contributed by atoms with Crippen molar-refractivity contribution in [2.24, 2.45) is 0 Å². The van der Waals surface area contributed by atoms with E-state index >= 15 is 0 Å². The summed E-state index contributed by atoms with van der Waals surface area (Å²) in [6.07, 6.45) is -0.428. The minimum atomic E-state index is -0.657. The van der Waals surface area contributed by atoms with Gasteiger partial charge < -0.3 is 24.4 Å². The van der Waals surface area contributed by atoms with E-state index in [0.717, 1.165) is 0 Å². The Labute approximate surface area is 147 Å². The van der Waals surface area contributed by atoms with E-state index in [1.165, 1.54) is 0 Å². The van der Waals surface area contributed by atoms with Gasteiger partial charge in [0.2, 0.25) is 6.10 Å². The number of amides is 2. The predicted molar refractivity (Wildman–Crippen MR) is 90.7 cm³/mol. The lowest BCUT2D eigenvalue weighted by Crippen LogP contribution is -2.47. The number of likely N-dealkylation sites (tertiary alicyclic amines) is 1. The van der Waals surface area contributed by atoms with Gasteiger partial charge in [0.15, 0.2) is 11.5 Å². The molecule has 7 heteroatoms. The Hall–Kier alpha value is -2.44. The number of ether oxygens (including phenoxy) is 3. The van der Waals surface area contributed by atoms with E-state index in [1.54, 1.807) is 11.0 Å². The van der Waals surface area contributed by atoms with Gasteiger partial charge in [0.25, 0.3) is 5.91 Å². The molecule has 1 aromatic carbocycles. The van der Waals surface area contributed by atoms with Crippen LogP contribution in [0.1, 0.15) is 27.2 Å². The number of alkyl carbamates (subject to hydrolysis) is 1. The maximum atomic E-state index is 12.6. The summed E-state index contributed by atoms with van der Waals surface area (Å²) >= 11 is 0. The van der Waals surface area contributed by atoms with Gasteiger partial charge in [0.1, 0.15) is 12.2 Å². The molecule has 2 atom stereocenters. The summed E-state index contributed by atoms with van der Waals surface area (Å²) in [6, 6.07) is 7.18. The van der Waals surface area contributed by atoms with Crippen molar-refractivity contribution in [3.63, 3.8) is 0 Å². The molecule has 2 amide bonds. The Morgan fingerprint density at radius 2 is 1.96 bits per heavy atom. The number of carbonyl (C=O) groups is 2. The zero-order chi connectivity index (χ0) is 18.0. The highest BCUT2D eigenvalue weighted by molar-refractivity contribution is 5.82. The largest absolute Gasteiger partial charge is 0.485 e. The van der Waals surface area contributed by atoms with Crippen LogP contribution in [-0.2, 0) is 9.53 Å². The van der Waals surface area contributed by atoms with Gasteiger partial charge in [-0.25, -0.2) is 4.79 Å². The highest BCUT2D eigenvalue weighted by Gasteiger charge is 2.35. The standard InChI is InChI=1S/C18H24N2O5/c1-18(2,3)25-17(22)19-12-8-9-20(10-12)16(21)15-11-23-13-6-4-5-7-14(13)24-15/h4-7,12,15H,8-11H2,1-3H3,(H,19,22)/t12-,15?/m0/s1. The van der Waals surface area contributed by atoms with Gasteiger partial charge in [0.05, 0.1) is 6.04 Å². The highest BCUT2D eigenvalue weighted by atomic mass is 16.6. The van der Waals surface area contributed by atoms with E-state index in [4.69, 9.17) is 14.2 Å². The van der Waals surface area contributed by atoms with Crippen LogP contribution in [0.15, 0.2) is 24.3 Å². The van der Waals surface area contributed by atoms with Crippen molar-refractivity contribution in [1.29, 1.82) is 0 Å². The third kappa shape index (κ3) is 4.35. The van der Waals surface area contributed by atoms with Gasteiger partial charge in [-0.1, -0.05) is 12.1 Å². The van der Waals surface area contributed by atoms with Crippen molar-refractivity contribution in [3.05, 3.63) is 24.3 Å². The van der Waals surface area contributed by atoms with Crippen LogP contribution in [0, 0.1) is 0 Å². The van der Waals surface area contributed by atoms with Crippen LogP contribution in [-0.4, -0.2) is 54.3 Å². The summed E-state index contributed by atoms with van der Waals surface area (Å²) in [5, 5.41) is 2.81. The van der Waals surface area contributed by atoms with E-state index in [2.05, 4.69) is 5.32 Å². The first-order valence-electron chi connectivity index (χ1n) is 8.48. The van der Waals surface area contributed by atoms with Gasteiger partial charge in [-0.2, -0.15) is 0 Å². The second-order valence-electron chi connectivity index (χ2n) is 7.28. The fourth-order valence-corrected chi connectivity index (χ4v) is 2.90. The molecule has 25 heavy (non-hydrogen) atoms. The summed E-state index contributed by atoms with van der Waals surface area (Å²) in [4.78, 5) is 26.2. The Morgan fingerprint density at radius 1 is 1.24 bits per heavy atom. The number of carbonyl (C=O) groups excluding carboxylic acids is 2. The lowest BCUT2D eigenvalue weighted by atomic mass is 10.2. The molecule has 2 aliphatic rings. The SMILES string of the molecule is CC(C)(C)OC(=O)N[C@H]1CCN(C(=O)C2COc3ccccc3O2)C1. The van der Waals surface area contributed by atoms with Crippen molar-refractivity contribution in [1.82, 2.24) is 10.2 Å². The maximum absolute atomic E-state index is 12.6. The number of rotatable bonds is 2. The van der Waals surface area contributed by atoms with Crippen LogP contribution >= 0.6 is 0 Å². The molecule has 136 valence electrons. The van der Waals surface area contributed by atoms with Crippen molar-refractivity contribution < 1.29 is 23.8 Å². The van der Waals surface area contributed by atoms with Gasteiger partial charge in [-0.15, -0.1) is 0 Å². The lowest BCUT2D eigenvalue weighted by molar-refractivity contribution is -0.140. The van der Waals surface area contributed by atoms with E-state index in [-0.39, 0.29) is 18.6 Å². The number of hydrogen-bond donors (Lipinski definition) is 1. The summed E-state index contributed by atoms with van der Waals surface area (Å²) in [6.45, 7) is 6.65. The molecule has 0 aliphatic carbocycles. The fourth-order valence-electron chi connectivity index (χ4n) is 2.90. The molecule has 0 bridgehead atoms. The quantitative estimate of drug-likeness (QED) is 0.884. The summed E-state index contributed by atoms with van der Waals surface area (Å²) < 4.78 is 16.6. The highest BCUT2D eigenvalue weighted by Crippen LogP contribution is 2.31. The van der Waals surface area contributed by atoms with E-state index in [0.29, 0.717) is 31.0 Å². The first-order chi connectivity index (χ1) is 11.8. The Bertz CT molecular complexity index is 655. The maximum Gasteiger partial charge on any atom is 0.407 e. The van der Waals surface area contributed by atoms with Crippen molar-refractivity contribution >= 4 is 12.0 Å². The van der Waals surface area contributed by atoms with Gasteiger partial charge in [0, 0.05) is 13.1 Å². The summed E-state index contributed by atoms with van der Waals surface area (Å²) in [7, 11) is 0. The van der Waals surface area contributed by atoms with E-state index in [1.807, 2.05) is 39.0 Å². The number of para-hydroxylation sites is 2. The van der Waals surface area contributed by atoms with Gasteiger partial charge in [-0.3, -0.25) is 4.79 Å². The van der Waals surface area contributed by atoms with Crippen molar-refractivity contribution in [2.75, 3.05) is 19.7 Å². The average Bonchev–Trinajstić information content (AvgIpc) is 3.00. The number of nitrogens with zero attached hydrogens (tertiary/aromatic N) is 1. The molecule has 1 N–H and O–H groups in total. The predicted octanol–water partition coefficient (Wildman–Crippen LogP) is 1.95. The molecule has 2 aliphatic heterocycles.